The summed E-state index contributed by atoms with van der Waals surface area (Å²) in [7, 11) is 0. The molecule has 0 aliphatic heterocycles. The molecule has 1 atom stereocenters. The van der Waals surface area contributed by atoms with Crippen LogP contribution in [0, 0.1) is 0 Å². The molecule has 0 aliphatic rings. The normalized spacial score (nSPS) is 12.1. The van der Waals surface area contributed by atoms with Gasteiger partial charge in [-0.3, -0.25) is 14.4 Å². The Kier molecular flexibility index (Phi) is 7.57. The molecule has 4 N–H and O–H groups in total. The Hall–Kier alpha value is -1.14. The molecule has 0 heterocycles. The van der Waals surface area contributed by atoms with Crippen LogP contribution >= 0.6 is 0 Å². The van der Waals surface area contributed by atoms with Crippen LogP contribution in [0.5, 0.6) is 0 Å². The number of rotatable bonds is 8. The SMILES string of the molecule is CCCC(C)NC(=O)CNOCC(N)=O. The van der Waals surface area contributed by atoms with E-state index in [4.69, 9.17) is 5.73 Å². The summed E-state index contributed by atoms with van der Waals surface area (Å²) in [6.45, 7) is 3.77. The Morgan fingerprint density at radius 1 is 1.47 bits per heavy atom. The van der Waals surface area contributed by atoms with E-state index in [0.29, 0.717) is 0 Å². The molecule has 0 saturated heterocycles. The third-order valence-electron chi connectivity index (χ3n) is 1.68. The molecule has 0 saturated carbocycles. The molecular weight excluding hydrogens is 198 g/mol. The molecule has 0 aromatic heterocycles. The molecule has 15 heavy (non-hydrogen) atoms. The number of hydroxylamine groups is 1. The molecule has 0 aromatic rings. The maximum Gasteiger partial charge on any atom is 0.245 e. The first-order chi connectivity index (χ1) is 7.06. The molecule has 0 radical (unpaired) electrons. The Balaban J connectivity index is 3.44. The van der Waals surface area contributed by atoms with E-state index in [-0.39, 0.29) is 25.1 Å². The van der Waals surface area contributed by atoms with E-state index in [1.807, 2.05) is 6.92 Å². The smallest absolute Gasteiger partial charge is 0.245 e. The lowest BCUT2D eigenvalue weighted by Gasteiger charge is -2.12. The lowest BCUT2D eigenvalue weighted by Crippen LogP contribution is -2.39. The predicted molar refractivity (Wildman–Crippen MR) is 55.7 cm³/mol. The van der Waals surface area contributed by atoms with E-state index in [1.54, 1.807) is 0 Å². The maximum absolute atomic E-state index is 11.2. The van der Waals surface area contributed by atoms with Gasteiger partial charge in [0.25, 0.3) is 0 Å². The van der Waals surface area contributed by atoms with Gasteiger partial charge in [0.1, 0.15) is 6.61 Å². The van der Waals surface area contributed by atoms with E-state index in [0.717, 1.165) is 12.8 Å². The van der Waals surface area contributed by atoms with Crippen molar-refractivity contribution >= 4 is 11.8 Å². The van der Waals surface area contributed by atoms with Gasteiger partial charge in [-0.05, 0) is 13.3 Å². The van der Waals surface area contributed by atoms with E-state index >= 15 is 0 Å². The second-order valence-electron chi connectivity index (χ2n) is 3.33. The Morgan fingerprint density at radius 3 is 2.67 bits per heavy atom. The molecule has 1 unspecified atom stereocenters. The number of carbonyl (C=O) groups excluding carboxylic acids is 2. The van der Waals surface area contributed by atoms with Crippen molar-refractivity contribution in [3.63, 3.8) is 0 Å². The summed E-state index contributed by atoms with van der Waals surface area (Å²) in [6.07, 6.45) is 1.96. The molecular formula is C9H19N3O3. The van der Waals surface area contributed by atoms with Crippen LogP contribution in [0.25, 0.3) is 0 Å². The summed E-state index contributed by atoms with van der Waals surface area (Å²) in [5, 5.41) is 2.77. The highest BCUT2D eigenvalue weighted by Crippen LogP contribution is 1.93. The van der Waals surface area contributed by atoms with Gasteiger partial charge in [0, 0.05) is 6.04 Å². The van der Waals surface area contributed by atoms with Crippen molar-refractivity contribution in [3.8, 4) is 0 Å². The standard InChI is InChI=1S/C9H19N3O3/c1-3-4-7(2)12-9(14)5-11-15-6-8(10)13/h7,11H,3-6H2,1-2H3,(H2,10,13)(H,12,14). The van der Waals surface area contributed by atoms with Crippen LogP contribution < -0.4 is 16.5 Å². The number of nitrogens with two attached hydrogens (primary N) is 1. The number of carbonyl (C=O) groups is 2. The average Bonchev–Trinajstić information content (AvgIpc) is 2.12. The van der Waals surface area contributed by atoms with E-state index in [9.17, 15) is 9.59 Å². The van der Waals surface area contributed by atoms with Gasteiger partial charge >= 0.3 is 0 Å². The lowest BCUT2D eigenvalue weighted by atomic mass is 10.2. The zero-order valence-corrected chi connectivity index (χ0v) is 9.21. The molecule has 0 aliphatic carbocycles. The summed E-state index contributed by atoms with van der Waals surface area (Å²) >= 11 is 0. The highest BCUT2D eigenvalue weighted by atomic mass is 16.6. The summed E-state index contributed by atoms with van der Waals surface area (Å²) in [5.74, 6) is -0.748. The molecule has 6 heteroatoms. The van der Waals surface area contributed by atoms with Crippen LogP contribution in [0.1, 0.15) is 26.7 Å². The van der Waals surface area contributed by atoms with Gasteiger partial charge in [0.15, 0.2) is 0 Å². The Morgan fingerprint density at radius 2 is 2.13 bits per heavy atom. The Labute approximate surface area is 89.5 Å². The third kappa shape index (κ3) is 9.17. The van der Waals surface area contributed by atoms with Gasteiger partial charge in [0.05, 0.1) is 6.54 Å². The van der Waals surface area contributed by atoms with E-state index in [2.05, 4.69) is 22.6 Å². The van der Waals surface area contributed by atoms with Gasteiger partial charge in [-0.2, -0.15) is 5.48 Å². The molecule has 0 bridgehead atoms. The molecule has 0 aromatic carbocycles. The first-order valence-electron chi connectivity index (χ1n) is 4.98. The van der Waals surface area contributed by atoms with Crippen molar-refractivity contribution in [2.45, 2.75) is 32.7 Å². The van der Waals surface area contributed by atoms with Crippen LogP contribution in [0.4, 0.5) is 0 Å². The number of hydrogen-bond donors (Lipinski definition) is 3. The number of primary amides is 1. The highest BCUT2D eigenvalue weighted by molar-refractivity contribution is 5.78. The predicted octanol–water partition coefficient (Wildman–Crippen LogP) is -0.702. The fourth-order valence-electron chi connectivity index (χ4n) is 1.07. The molecule has 88 valence electrons. The fraction of sp³-hybridized carbons (Fsp3) is 0.778. The number of amides is 2. The molecule has 0 rings (SSSR count). The summed E-state index contributed by atoms with van der Waals surface area (Å²) in [4.78, 5) is 26.1. The first kappa shape index (κ1) is 13.9. The van der Waals surface area contributed by atoms with Crippen LogP contribution in [0.2, 0.25) is 0 Å². The van der Waals surface area contributed by atoms with Crippen LogP contribution in [0.3, 0.4) is 0 Å². The van der Waals surface area contributed by atoms with Gasteiger partial charge in [-0.1, -0.05) is 13.3 Å². The largest absolute Gasteiger partial charge is 0.368 e. The van der Waals surface area contributed by atoms with Crippen LogP contribution in [0.15, 0.2) is 0 Å². The first-order valence-corrected chi connectivity index (χ1v) is 4.98. The highest BCUT2D eigenvalue weighted by Gasteiger charge is 2.05. The third-order valence-corrected chi connectivity index (χ3v) is 1.68. The topological polar surface area (TPSA) is 93.4 Å². The summed E-state index contributed by atoms with van der Waals surface area (Å²) in [6, 6.07) is 0.153. The summed E-state index contributed by atoms with van der Waals surface area (Å²) < 4.78 is 0. The van der Waals surface area contributed by atoms with Gasteiger partial charge in [0.2, 0.25) is 11.8 Å². The average molecular weight is 217 g/mol. The van der Waals surface area contributed by atoms with Crippen molar-refractivity contribution < 1.29 is 14.4 Å². The fourth-order valence-corrected chi connectivity index (χ4v) is 1.07. The minimum Gasteiger partial charge on any atom is -0.368 e. The zero-order chi connectivity index (χ0) is 11.7. The van der Waals surface area contributed by atoms with Crippen LogP contribution in [-0.4, -0.2) is 31.0 Å². The minimum absolute atomic E-state index is 0.0152. The van der Waals surface area contributed by atoms with Gasteiger partial charge in [-0.25, -0.2) is 0 Å². The maximum atomic E-state index is 11.2. The van der Waals surface area contributed by atoms with Crippen LogP contribution in [-0.2, 0) is 14.4 Å². The molecule has 0 spiro atoms. The Bertz CT molecular complexity index is 209. The quantitative estimate of drug-likeness (QED) is 0.370. The molecule has 6 nitrogen and oxygen atoms in total. The van der Waals surface area contributed by atoms with E-state index < -0.39 is 5.91 Å². The summed E-state index contributed by atoms with van der Waals surface area (Å²) in [5.41, 5.74) is 7.18. The molecule has 0 fully saturated rings. The lowest BCUT2D eigenvalue weighted by molar-refractivity contribution is -0.129. The minimum atomic E-state index is -0.581. The van der Waals surface area contributed by atoms with Crippen molar-refractivity contribution in [1.29, 1.82) is 0 Å². The van der Waals surface area contributed by atoms with Crippen molar-refractivity contribution in [2.75, 3.05) is 13.2 Å². The number of nitrogens with one attached hydrogen (secondary N) is 2. The second kappa shape index (κ2) is 8.19. The second-order valence-corrected chi connectivity index (χ2v) is 3.33. The van der Waals surface area contributed by atoms with Crippen molar-refractivity contribution in [3.05, 3.63) is 0 Å². The number of hydrogen-bond acceptors (Lipinski definition) is 4. The van der Waals surface area contributed by atoms with Crippen molar-refractivity contribution in [2.24, 2.45) is 5.73 Å². The zero-order valence-electron chi connectivity index (χ0n) is 9.21. The monoisotopic (exact) mass is 217 g/mol. The van der Waals surface area contributed by atoms with Gasteiger partial charge in [-0.15, -0.1) is 0 Å². The van der Waals surface area contributed by atoms with E-state index in [1.165, 1.54) is 0 Å². The molecule has 2 amide bonds. The van der Waals surface area contributed by atoms with Crippen molar-refractivity contribution in [1.82, 2.24) is 10.8 Å². The van der Waals surface area contributed by atoms with Gasteiger partial charge < -0.3 is 11.1 Å².